The number of rotatable bonds is 8. The molecule has 9 heteroatoms. The summed E-state index contributed by atoms with van der Waals surface area (Å²) in [4.78, 5) is 37.2. The quantitative estimate of drug-likeness (QED) is 0.491. The molecule has 0 unspecified atom stereocenters. The minimum Gasteiger partial charge on any atom is -0.493 e. The highest BCUT2D eigenvalue weighted by molar-refractivity contribution is 8.14. The molecule has 0 aliphatic carbocycles. The number of amidine groups is 2. The van der Waals surface area contributed by atoms with Gasteiger partial charge in [0.15, 0.2) is 16.7 Å². The summed E-state index contributed by atoms with van der Waals surface area (Å²) in [7, 11) is 3.14. The van der Waals surface area contributed by atoms with Crippen LogP contribution in [0.3, 0.4) is 0 Å². The Bertz CT molecular complexity index is 1390. The van der Waals surface area contributed by atoms with Gasteiger partial charge in [0.2, 0.25) is 5.91 Å². The molecule has 37 heavy (non-hydrogen) atoms. The molecule has 0 saturated heterocycles. The summed E-state index contributed by atoms with van der Waals surface area (Å²) in [5.41, 5.74) is 3.38. The molecule has 5 rings (SSSR count). The van der Waals surface area contributed by atoms with Crippen LogP contribution >= 0.6 is 11.8 Å². The smallest absolute Gasteiger partial charge is 0.259 e. The summed E-state index contributed by atoms with van der Waals surface area (Å²) in [6.45, 7) is 0.281. The summed E-state index contributed by atoms with van der Waals surface area (Å²) in [5.74, 6) is 1.53. The lowest BCUT2D eigenvalue weighted by Crippen LogP contribution is -2.42. The molecule has 8 nitrogen and oxygen atoms in total. The molecule has 2 aliphatic heterocycles. The van der Waals surface area contributed by atoms with Gasteiger partial charge in [0.25, 0.3) is 5.91 Å². The van der Waals surface area contributed by atoms with Crippen molar-refractivity contribution in [3.05, 3.63) is 89.5 Å². The second kappa shape index (κ2) is 10.9. The number of methoxy groups -OCH3 is 2. The van der Waals surface area contributed by atoms with E-state index in [-0.39, 0.29) is 24.1 Å². The van der Waals surface area contributed by atoms with E-state index in [4.69, 9.17) is 19.5 Å². The number of nitrogens with one attached hydrogen (secondary N) is 1. The zero-order valence-corrected chi connectivity index (χ0v) is 21.3. The van der Waals surface area contributed by atoms with Gasteiger partial charge in [-0.1, -0.05) is 66.4 Å². The van der Waals surface area contributed by atoms with Crippen LogP contribution in [0.5, 0.6) is 11.5 Å². The van der Waals surface area contributed by atoms with Crippen molar-refractivity contribution >= 4 is 40.3 Å². The second-order valence-electron chi connectivity index (χ2n) is 8.46. The molecule has 0 bridgehead atoms. The fourth-order valence-corrected chi connectivity index (χ4v) is 5.17. The van der Waals surface area contributed by atoms with E-state index in [0.29, 0.717) is 28.9 Å². The summed E-state index contributed by atoms with van der Waals surface area (Å²) in [5, 5.41) is 3.36. The van der Waals surface area contributed by atoms with Crippen LogP contribution in [0.25, 0.3) is 0 Å². The SMILES string of the molecule is COc1cccc(CNC(=O)CSC2=Nc3ccccc3C3=N[C@@H](Cc4ccccc4)C(=O)N23)c1OC. The van der Waals surface area contributed by atoms with Crippen molar-refractivity contribution in [3.63, 3.8) is 0 Å². The van der Waals surface area contributed by atoms with Crippen molar-refractivity contribution in [2.24, 2.45) is 9.98 Å². The number of thioether (sulfide) groups is 1. The Hall–Kier alpha value is -4.11. The molecule has 3 aromatic rings. The Kier molecular flexibility index (Phi) is 7.23. The first kappa shape index (κ1) is 24.6. The Morgan fingerprint density at radius 2 is 1.78 bits per heavy atom. The number of aliphatic imine (C=N–C) groups is 2. The number of nitrogens with zero attached hydrogens (tertiary/aromatic N) is 3. The molecule has 0 radical (unpaired) electrons. The van der Waals surface area contributed by atoms with Gasteiger partial charge in [0, 0.05) is 24.1 Å². The van der Waals surface area contributed by atoms with Crippen molar-refractivity contribution < 1.29 is 19.1 Å². The fourth-order valence-electron chi connectivity index (χ4n) is 4.34. The molecule has 3 aromatic carbocycles. The van der Waals surface area contributed by atoms with Crippen LogP contribution in [-0.4, -0.2) is 53.7 Å². The normalized spacial score (nSPS) is 15.9. The van der Waals surface area contributed by atoms with E-state index < -0.39 is 6.04 Å². The number of ether oxygens (including phenoxy) is 2. The number of para-hydroxylation sites is 2. The van der Waals surface area contributed by atoms with Gasteiger partial charge in [0.05, 0.1) is 25.7 Å². The van der Waals surface area contributed by atoms with Crippen molar-refractivity contribution in [3.8, 4) is 11.5 Å². The van der Waals surface area contributed by atoms with Gasteiger partial charge in [-0.2, -0.15) is 0 Å². The third-order valence-electron chi connectivity index (χ3n) is 6.11. The first-order chi connectivity index (χ1) is 18.1. The molecule has 0 aromatic heterocycles. The number of benzene rings is 3. The number of hydrogen-bond donors (Lipinski definition) is 1. The highest BCUT2D eigenvalue weighted by atomic mass is 32.2. The van der Waals surface area contributed by atoms with Crippen molar-refractivity contribution in [2.45, 2.75) is 19.0 Å². The van der Waals surface area contributed by atoms with Crippen molar-refractivity contribution in [2.75, 3.05) is 20.0 Å². The molecule has 2 heterocycles. The van der Waals surface area contributed by atoms with E-state index in [1.807, 2.05) is 66.7 Å². The third-order valence-corrected chi connectivity index (χ3v) is 7.05. The van der Waals surface area contributed by atoms with E-state index in [0.717, 1.165) is 22.4 Å². The van der Waals surface area contributed by atoms with Gasteiger partial charge in [-0.15, -0.1) is 0 Å². The number of hydrogen-bond acceptors (Lipinski definition) is 7. The molecule has 2 aliphatic rings. The summed E-state index contributed by atoms with van der Waals surface area (Å²) >= 11 is 1.22. The molecule has 188 valence electrons. The monoisotopic (exact) mass is 514 g/mol. The minimum absolute atomic E-state index is 0.0910. The second-order valence-corrected chi connectivity index (χ2v) is 9.40. The molecule has 1 atom stereocenters. The lowest BCUT2D eigenvalue weighted by molar-refractivity contribution is -0.124. The summed E-state index contributed by atoms with van der Waals surface area (Å²) < 4.78 is 10.8. The maximum absolute atomic E-state index is 13.4. The van der Waals surface area contributed by atoms with Crippen LogP contribution < -0.4 is 14.8 Å². The van der Waals surface area contributed by atoms with Crippen LogP contribution in [0.1, 0.15) is 16.7 Å². The van der Waals surface area contributed by atoms with E-state index in [1.165, 1.54) is 11.8 Å². The molecular formula is C28H26N4O4S. The van der Waals surface area contributed by atoms with Crippen LogP contribution in [0.4, 0.5) is 5.69 Å². The lowest BCUT2D eigenvalue weighted by atomic mass is 10.1. The highest BCUT2D eigenvalue weighted by Crippen LogP contribution is 2.34. The maximum Gasteiger partial charge on any atom is 0.259 e. The van der Waals surface area contributed by atoms with E-state index >= 15 is 0 Å². The Morgan fingerprint density at radius 3 is 2.57 bits per heavy atom. The zero-order valence-electron chi connectivity index (χ0n) is 20.5. The first-order valence-electron chi connectivity index (χ1n) is 11.8. The van der Waals surface area contributed by atoms with Gasteiger partial charge in [-0.05, 0) is 23.8 Å². The molecule has 2 amide bonds. The standard InChI is InChI=1S/C28H26N4O4S/c1-35-23-14-8-11-19(25(23)36-2)16-29-24(33)17-37-28-31-21-13-7-6-12-20(21)26-30-22(27(34)32(26)28)15-18-9-4-3-5-10-18/h3-14,22H,15-17H2,1-2H3,(H,29,33)/t22-/m0/s1. The fraction of sp³-hybridized carbons (Fsp3) is 0.214. The van der Waals surface area contributed by atoms with E-state index in [9.17, 15) is 9.59 Å². The van der Waals surface area contributed by atoms with Crippen molar-refractivity contribution in [1.82, 2.24) is 10.2 Å². The largest absolute Gasteiger partial charge is 0.493 e. The number of carbonyl (C=O) groups is 2. The molecule has 0 spiro atoms. The predicted molar refractivity (Wildman–Crippen MR) is 145 cm³/mol. The number of fused-ring (bicyclic) bond motifs is 3. The van der Waals surface area contributed by atoms with Crippen LogP contribution in [0, 0.1) is 0 Å². The maximum atomic E-state index is 13.4. The number of carbonyl (C=O) groups excluding carboxylic acids is 2. The third kappa shape index (κ3) is 5.08. The minimum atomic E-state index is -0.538. The first-order valence-corrected chi connectivity index (χ1v) is 12.8. The average molecular weight is 515 g/mol. The van der Waals surface area contributed by atoms with Gasteiger partial charge >= 0.3 is 0 Å². The van der Waals surface area contributed by atoms with Gasteiger partial charge in [0.1, 0.15) is 11.9 Å². The Morgan fingerprint density at radius 1 is 1.00 bits per heavy atom. The molecule has 0 fully saturated rings. The van der Waals surface area contributed by atoms with Gasteiger partial charge in [-0.25, -0.2) is 9.89 Å². The number of amides is 2. The van der Waals surface area contributed by atoms with Crippen LogP contribution in [0.2, 0.25) is 0 Å². The zero-order chi connectivity index (χ0) is 25.8. The predicted octanol–water partition coefficient (Wildman–Crippen LogP) is 3.95. The van der Waals surface area contributed by atoms with Crippen LogP contribution in [-0.2, 0) is 22.6 Å². The van der Waals surface area contributed by atoms with Crippen LogP contribution in [0.15, 0.2) is 82.8 Å². The molecule has 1 N–H and O–H groups in total. The molecule has 0 saturated carbocycles. The van der Waals surface area contributed by atoms with E-state index in [2.05, 4.69) is 5.32 Å². The average Bonchev–Trinajstić information content (AvgIpc) is 3.26. The highest BCUT2D eigenvalue weighted by Gasteiger charge is 2.41. The Labute approximate surface area is 219 Å². The van der Waals surface area contributed by atoms with Crippen molar-refractivity contribution in [1.29, 1.82) is 0 Å². The Balaban J connectivity index is 1.30. The van der Waals surface area contributed by atoms with Gasteiger partial charge < -0.3 is 14.8 Å². The van der Waals surface area contributed by atoms with E-state index in [1.54, 1.807) is 25.2 Å². The van der Waals surface area contributed by atoms with Gasteiger partial charge in [-0.3, -0.25) is 14.6 Å². The lowest BCUT2D eigenvalue weighted by Gasteiger charge is -2.25. The molecular weight excluding hydrogens is 488 g/mol. The summed E-state index contributed by atoms with van der Waals surface area (Å²) in [6, 6.07) is 22.4. The summed E-state index contributed by atoms with van der Waals surface area (Å²) in [6.07, 6.45) is 0.503. The topological polar surface area (TPSA) is 92.6 Å².